The lowest BCUT2D eigenvalue weighted by molar-refractivity contribution is 0.327. The third kappa shape index (κ3) is 3.13. The summed E-state index contributed by atoms with van der Waals surface area (Å²) in [5.41, 5.74) is 0.955. The molecule has 0 amide bonds. The van der Waals surface area contributed by atoms with Crippen molar-refractivity contribution >= 4 is 22.6 Å². The number of pyridine rings is 1. The van der Waals surface area contributed by atoms with Gasteiger partial charge in [-0.15, -0.1) is 0 Å². The van der Waals surface area contributed by atoms with Crippen LogP contribution in [-0.4, -0.2) is 29.1 Å². The molecule has 2 rings (SSSR count). The number of ether oxygens (including phenoxy) is 1. The molecule has 0 unspecified atom stereocenters. The highest BCUT2D eigenvalue weighted by Gasteiger charge is 2.06. The lowest BCUT2D eigenvalue weighted by Crippen LogP contribution is -2.13. The second-order valence-corrected chi connectivity index (χ2v) is 4.42. The molecular formula is C11H15N3OS. The summed E-state index contributed by atoms with van der Waals surface area (Å²) >= 11 is 1.75. The molecule has 1 aliphatic heterocycles. The zero-order valence-corrected chi connectivity index (χ0v) is 10.1. The maximum absolute atomic E-state index is 5.28. The van der Waals surface area contributed by atoms with Crippen molar-refractivity contribution in [3.8, 4) is 5.88 Å². The molecule has 0 bridgehead atoms. The highest BCUT2D eigenvalue weighted by molar-refractivity contribution is 8.14. The summed E-state index contributed by atoms with van der Waals surface area (Å²) in [4.78, 5) is 8.58. The van der Waals surface area contributed by atoms with Crippen LogP contribution in [0.5, 0.6) is 5.88 Å². The van der Waals surface area contributed by atoms with E-state index in [1.165, 1.54) is 0 Å². The Morgan fingerprint density at radius 3 is 3.06 bits per heavy atom. The van der Waals surface area contributed by atoms with Gasteiger partial charge in [0.05, 0.1) is 18.5 Å². The fourth-order valence-corrected chi connectivity index (χ4v) is 2.19. The summed E-state index contributed by atoms with van der Waals surface area (Å²) in [6.07, 6.45) is 2.93. The fourth-order valence-electron chi connectivity index (χ4n) is 1.35. The third-order valence-electron chi connectivity index (χ3n) is 2.08. The van der Waals surface area contributed by atoms with E-state index in [0.717, 1.165) is 29.6 Å². The molecule has 0 aliphatic carbocycles. The lowest BCUT2D eigenvalue weighted by Gasteiger charge is -2.13. The van der Waals surface area contributed by atoms with E-state index in [9.17, 15) is 0 Å². The Bertz CT molecular complexity index is 364. The molecule has 0 spiro atoms. The van der Waals surface area contributed by atoms with Crippen LogP contribution in [-0.2, 0) is 0 Å². The van der Waals surface area contributed by atoms with Gasteiger partial charge < -0.3 is 10.1 Å². The van der Waals surface area contributed by atoms with E-state index in [1.807, 2.05) is 19.1 Å². The second kappa shape index (κ2) is 5.75. The Morgan fingerprint density at radius 1 is 1.50 bits per heavy atom. The van der Waals surface area contributed by atoms with Gasteiger partial charge in [0.1, 0.15) is 0 Å². The van der Waals surface area contributed by atoms with Crippen molar-refractivity contribution in [1.82, 2.24) is 4.98 Å². The third-order valence-corrected chi connectivity index (χ3v) is 3.07. The van der Waals surface area contributed by atoms with Gasteiger partial charge in [-0.05, 0) is 19.4 Å². The zero-order valence-electron chi connectivity index (χ0n) is 9.27. The Labute approximate surface area is 99.5 Å². The van der Waals surface area contributed by atoms with Crippen LogP contribution in [0.15, 0.2) is 23.3 Å². The number of rotatable bonds is 3. The van der Waals surface area contributed by atoms with Crippen molar-refractivity contribution in [2.75, 3.05) is 24.2 Å². The largest absolute Gasteiger partial charge is 0.478 e. The van der Waals surface area contributed by atoms with Crippen LogP contribution in [0.25, 0.3) is 0 Å². The summed E-state index contributed by atoms with van der Waals surface area (Å²) in [6, 6.07) is 3.82. The molecule has 0 saturated carbocycles. The van der Waals surface area contributed by atoms with Gasteiger partial charge in [0.2, 0.25) is 5.88 Å². The van der Waals surface area contributed by atoms with Crippen LogP contribution in [0.4, 0.5) is 5.69 Å². The summed E-state index contributed by atoms with van der Waals surface area (Å²) < 4.78 is 5.28. The van der Waals surface area contributed by atoms with Gasteiger partial charge in [-0.25, -0.2) is 4.98 Å². The number of nitrogens with zero attached hydrogens (tertiary/aromatic N) is 2. The van der Waals surface area contributed by atoms with Crippen LogP contribution in [0.1, 0.15) is 13.3 Å². The monoisotopic (exact) mass is 237 g/mol. The van der Waals surface area contributed by atoms with Crippen LogP contribution < -0.4 is 10.1 Å². The maximum atomic E-state index is 5.28. The van der Waals surface area contributed by atoms with Crippen molar-refractivity contribution < 1.29 is 4.74 Å². The van der Waals surface area contributed by atoms with E-state index < -0.39 is 0 Å². The van der Waals surface area contributed by atoms with Crippen LogP contribution >= 0.6 is 11.8 Å². The van der Waals surface area contributed by atoms with Gasteiger partial charge in [-0.1, -0.05) is 11.8 Å². The minimum Gasteiger partial charge on any atom is -0.478 e. The topological polar surface area (TPSA) is 46.5 Å². The molecule has 0 atom stereocenters. The number of anilines is 1. The molecule has 0 radical (unpaired) electrons. The number of nitrogens with one attached hydrogen (secondary N) is 1. The fraction of sp³-hybridized carbons (Fsp3) is 0.455. The molecule has 0 fully saturated rings. The number of hydrogen-bond acceptors (Lipinski definition) is 5. The van der Waals surface area contributed by atoms with Crippen molar-refractivity contribution in [2.24, 2.45) is 4.99 Å². The minimum absolute atomic E-state index is 0.641. The summed E-state index contributed by atoms with van der Waals surface area (Å²) in [6.45, 7) is 3.50. The second-order valence-electron chi connectivity index (χ2n) is 3.33. The number of hydrogen-bond donors (Lipinski definition) is 1. The highest BCUT2D eigenvalue weighted by atomic mass is 32.2. The first-order valence-electron chi connectivity index (χ1n) is 5.41. The smallest absolute Gasteiger partial charge is 0.213 e. The average molecular weight is 237 g/mol. The highest BCUT2D eigenvalue weighted by Crippen LogP contribution is 2.17. The Kier molecular flexibility index (Phi) is 4.04. The molecule has 1 N–H and O–H groups in total. The van der Waals surface area contributed by atoms with E-state index in [4.69, 9.17) is 4.74 Å². The summed E-state index contributed by atoms with van der Waals surface area (Å²) in [7, 11) is 0. The van der Waals surface area contributed by atoms with E-state index in [2.05, 4.69) is 15.3 Å². The van der Waals surface area contributed by atoms with E-state index in [-0.39, 0.29) is 0 Å². The molecule has 86 valence electrons. The SMILES string of the molecule is CCOc1ccc(NC2=NCCCS2)cn1. The molecule has 0 aromatic carbocycles. The number of amidine groups is 1. The molecular weight excluding hydrogens is 222 g/mol. The average Bonchev–Trinajstić information content (AvgIpc) is 2.33. The Balaban J connectivity index is 1.96. The van der Waals surface area contributed by atoms with Crippen LogP contribution in [0.3, 0.4) is 0 Å². The number of thioether (sulfide) groups is 1. The summed E-state index contributed by atoms with van der Waals surface area (Å²) in [5, 5.41) is 4.23. The Hall–Kier alpha value is -1.23. The lowest BCUT2D eigenvalue weighted by atomic mass is 10.4. The first-order valence-corrected chi connectivity index (χ1v) is 6.40. The van der Waals surface area contributed by atoms with E-state index in [0.29, 0.717) is 12.5 Å². The van der Waals surface area contributed by atoms with Crippen molar-refractivity contribution in [3.63, 3.8) is 0 Å². The molecule has 1 aromatic rings. The van der Waals surface area contributed by atoms with E-state index in [1.54, 1.807) is 18.0 Å². The molecule has 5 heteroatoms. The van der Waals surface area contributed by atoms with Crippen molar-refractivity contribution in [1.29, 1.82) is 0 Å². The first kappa shape index (κ1) is 11.3. The molecule has 1 aliphatic rings. The molecule has 4 nitrogen and oxygen atoms in total. The first-order chi connectivity index (χ1) is 7.88. The van der Waals surface area contributed by atoms with Gasteiger partial charge in [0, 0.05) is 18.4 Å². The van der Waals surface area contributed by atoms with Crippen molar-refractivity contribution in [2.45, 2.75) is 13.3 Å². The van der Waals surface area contributed by atoms with Crippen LogP contribution in [0, 0.1) is 0 Å². The van der Waals surface area contributed by atoms with Gasteiger partial charge in [-0.2, -0.15) is 0 Å². The predicted octanol–water partition coefficient (Wildman–Crippen LogP) is 2.39. The standard InChI is InChI=1S/C11H15N3OS/c1-2-15-10-5-4-9(8-13-10)14-11-12-6-3-7-16-11/h4-5,8H,2-3,6-7H2,1H3,(H,12,14). The quantitative estimate of drug-likeness (QED) is 0.876. The zero-order chi connectivity index (χ0) is 11.2. The Morgan fingerprint density at radius 2 is 2.44 bits per heavy atom. The molecule has 2 heterocycles. The van der Waals surface area contributed by atoms with Gasteiger partial charge in [-0.3, -0.25) is 4.99 Å². The molecule has 0 saturated heterocycles. The van der Waals surface area contributed by atoms with Crippen molar-refractivity contribution in [3.05, 3.63) is 18.3 Å². The van der Waals surface area contributed by atoms with Crippen LogP contribution in [0.2, 0.25) is 0 Å². The van der Waals surface area contributed by atoms with Gasteiger partial charge >= 0.3 is 0 Å². The molecule has 16 heavy (non-hydrogen) atoms. The molecule has 1 aromatic heterocycles. The minimum atomic E-state index is 0.641. The number of aromatic nitrogens is 1. The van der Waals surface area contributed by atoms with Gasteiger partial charge in [0.25, 0.3) is 0 Å². The predicted molar refractivity (Wildman–Crippen MR) is 68.4 cm³/mol. The van der Waals surface area contributed by atoms with Gasteiger partial charge in [0.15, 0.2) is 5.17 Å². The maximum Gasteiger partial charge on any atom is 0.213 e. The number of aliphatic imine (C=N–C) groups is 1. The normalized spacial score (nSPS) is 15.4. The van der Waals surface area contributed by atoms with E-state index >= 15 is 0 Å². The summed E-state index contributed by atoms with van der Waals surface area (Å²) in [5.74, 6) is 1.79.